The van der Waals surface area contributed by atoms with E-state index in [1.807, 2.05) is 5.43 Å². The van der Waals surface area contributed by atoms with Crippen molar-refractivity contribution >= 4 is 5.91 Å². The third-order valence-corrected chi connectivity index (χ3v) is 1.06. The Morgan fingerprint density at radius 2 is 2.00 bits per heavy atom. The van der Waals surface area contributed by atoms with Gasteiger partial charge in [0.15, 0.2) is 0 Å². The van der Waals surface area contributed by atoms with E-state index in [1.54, 1.807) is 6.07 Å². The summed E-state index contributed by atoms with van der Waals surface area (Å²) in [6.07, 6.45) is 0. The van der Waals surface area contributed by atoms with Gasteiger partial charge < -0.3 is 5.43 Å². The summed E-state index contributed by atoms with van der Waals surface area (Å²) in [5, 5.41) is 8.41. The van der Waals surface area contributed by atoms with Gasteiger partial charge in [0.25, 0.3) is 5.91 Å². The molecule has 0 rings (SSSR count). The van der Waals surface area contributed by atoms with E-state index in [1.165, 1.54) is 6.92 Å². The predicted octanol–water partition coefficient (Wildman–Crippen LogP) is -1.76. The fourth-order valence-electron chi connectivity index (χ4n) is 0.449. The van der Waals surface area contributed by atoms with Crippen LogP contribution in [-0.4, -0.2) is 5.91 Å². The van der Waals surface area contributed by atoms with Crippen LogP contribution in [0, 0.1) is 11.3 Å². The van der Waals surface area contributed by atoms with E-state index in [9.17, 15) is 4.79 Å². The van der Waals surface area contributed by atoms with Gasteiger partial charge in [-0.15, -0.1) is 0 Å². The highest BCUT2D eigenvalue weighted by Crippen LogP contribution is 1.96. The minimum atomic E-state index is -0.664. The first kappa shape index (κ1) is 9.42. The molecule has 0 heterocycles. The van der Waals surface area contributed by atoms with Crippen molar-refractivity contribution in [2.45, 2.75) is 6.92 Å². The number of nitriles is 1. The van der Waals surface area contributed by atoms with Gasteiger partial charge in [0.1, 0.15) is 11.6 Å². The summed E-state index contributed by atoms with van der Waals surface area (Å²) in [5.74, 6) is 9.08. The molecular weight excluding hydrogens is 146 g/mol. The molecular formula is C5H9N5O. The zero-order valence-corrected chi connectivity index (χ0v) is 6.01. The van der Waals surface area contributed by atoms with Gasteiger partial charge in [-0.3, -0.25) is 16.1 Å². The van der Waals surface area contributed by atoms with Crippen molar-refractivity contribution in [3.8, 4) is 6.07 Å². The van der Waals surface area contributed by atoms with E-state index in [4.69, 9.17) is 16.9 Å². The van der Waals surface area contributed by atoms with Crippen LogP contribution in [-0.2, 0) is 4.79 Å². The van der Waals surface area contributed by atoms with E-state index in [0.717, 1.165) is 0 Å². The van der Waals surface area contributed by atoms with Gasteiger partial charge >= 0.3 is 0 Å². The zero-order valence-electron chi connectivity index (χ0n) is 6.01. The van der Waals surface area contributed by atoms with Crippen LogP contribution in [0.2, 0.25) is 0 Å². The summed E-state index contributed by atoms with van der Waals surface area (Å²) in [7, 11) is 0. The molecule has 0 bridgehead atoms. The van der Waals surface area contributed by atoms with Crippen molar-refractivity contribution < 1.29 is 4.79 Å². The first-order valence-electron chi connectivity index (χ1n) is 2.76. The number of allylic oxidation sites excluding steroid dienone is 1. The minimum Gasteiger partial charge on any atom is -0.327 e. The average molecular weight is 155 g/mol. The van der Waals surface area contributed by atoms with Gasteiger partial charge in [0, 0.05) is 5.70 Å². The van der Waals surface area contributed by atoms with E-state index < -0.39 is 5.91 Å². The molecule has 0 spiro atoms. The van der Waals surface area contributed by atoms with Crippen LogP contribution in [0.15, 0.2) is 11.3 Å². The highest BCUT2D eigenvalue weighted by molar-refractivity contribution is 5.97. The number of nitrogens with one attached hydrogen (secondary N) is 2. The average Bonchev–Trinajstić information content (AvgIpc) is 2.05. The molecule has 0 aliphatic rings. The fraction of sp³-hybridized carbons (Fsp3) is 0.200. The highest BCUT2D eigenvalue weighted by atomic mass is 16.2. The number of carbonyl (C=O) groups excluding carboxylic acids is 1. The second kappa shape index (κ2) is 4.27. The maximum Gasteiger partial charge on any atom is 0.277 e. The van der Waals surface area contributed by atoms with Crippen LogP contribution in [0.5, 0.6) is 0 Å². The first-order valence-corrected chi connectivity index (χ1v) is 2.76. The number of hydrogen-bond donors (Lipinski definition) is 4. The van der Waals surface area contributed by atoms with Crippen molar-refractivity contribution in [2.24, 2.45) is 11.7 Å². The summed E-state index contributed by atoms with van der Waals surface area (Å²) >= 11 is 0. The van der Waals surface area contributed by atoms with Crippen molar-refractivity contribution in [3.63, 3.8) is 0 Å². The summed E-state index contributed by atoms with van der Waals surface area (Å²) < 4.78 is 0. The van der Waals surface area contributed by atoms with Gasteiger partial charge in [-0.1, -0.05) is 0 Å². The van der Waals surface area contributed by atoms with Gasteiger partial charge in [-0.25, -0.2) is 5.84 Å². The number of hydrazine groups is 2. The Kier molecular flexibility index (Phi) is 3.66. The molecule has 6 N–H and O–H groups in total. The Morgan fingerprint density at radius 1 is 1.45 bits per heavy atom. The molecule has 11 heavy (non-hydrogen) atoms. The lowest BCUT2D eigenvalue weighted by atomic mass is 10.2. The lowest BCUT2D eigenvalue weighted by molar-refractivity contribution is -0.117. The summed E-state index contributed by atoms with van der Waals surface area (Å²) in [6, 6.07) is 1.65. The zero-order chi connectivity index (χ0) is 8.85. The maximum atomic E-state index is 10.7. The molecule has 0 aromatic rings. The molecule has 0 aromatic carbocycles. The molecule has 6 heteroatoms. The largest absolute Gasteiger partial charge is 0.327 e. The lowest BCUT2D eigenvalue weighted by Crippen LogP contribution is -2.33. The number of carbonyl (C=O) groups is 1. The highest BCUT2D eigenvalue weighted by Gasteiger charge is 2.09. The van der Waals surface area contributed by atoms with Crippen LogP contribution in [0.1, 0.15) is 6.92 Å². The summed E-state index contributed by atoms with van der Waals surface area (Å²) in [5.41, 5.74) is 4.13. The fourth-order valence-corrected chi connectivity index (χ4v) is 0.449. The van der Waals surface area contributed by atoms with Gasteiger partial charge in [0.2, 0.25) is 0 Å². The molecule has 6 nitrogen and oxygen atoms in total. The molecule has 0 unspecified atom stereocenters. The van der Waals surface area contributed by atoms with Crippen LogP contribution in [0.3, 0.4) is 0 Å². The molecule has 0 aromatic heterocycles. The monoisotopic (exact) mass is 155 g/mol. The molecule has 0 aliphatic carbocycles. The standard InChI is InChI=1S/C5H9N5O/c1-3(9-7)4(2-6)5(11)10-8/h9H,7-8H2,1H3,(H,10,11)/b4-3-. The Morgan fingerprint density at radius 3 is 2.27 bits per heavy atom. The first-order chi connectivity index (χ1) is 5.17. The number of nitrogens with zero attached hydrogens (tertiary/aromatic N) is 1. The van der Waals surface area contributed by atoms with Crippen molar-refractivity contribution in [3.05, 3.63) is 11.3 Å². The van der Waals surface area contributed by atoms with Crippen molar-refractivity contribution in [2.75, 3.05) is 0 Å². The minimum absolute atomic E-state index is 0.130. The second-order valence-electron chi connectivity index (χ2n) is 1.73. The molecule has 0 saturated carbocycles. The second-order valence-corrected chi connectivity index (χ2v) is 1.73. The smallest absolute Gasteiger partial charge is 0.277 e. The van der Waals surface area contributed by atoms with Gasteiger partial charge in [0.05, 0.1) is 0 Å². The molecule has 0 radical (unpaired) electrons. The Bertz CT molecular complexity index is 226. The quantitative estimate of drug-likeness (QED) is 0.124. The van der Waals surface area contributed by atoms with Crippen LogP contribution >= 0.6 is 0 Å². The van der Waals surface area contributed by atoms with Crippen LogP contribution in [0.25, 0.3) is 0 Å². The van der Waals surface area contributed by atoms with E-state index in [-0.39, 0.29) is 11.3 Å². The third kappa shape index (κ3) is 2.25. The molecule has 0 saturated heterocycles. The normalized spacial score (nSPS) is 11.1. The Balaban J connectivity index is 4.69. The number of hydrogen-bond acceptors (Lipinski definition) is 5. The number of amides is 1. The number of nitrogens with two attached hydrogens (primary N) is 2. The van der Waals surface area contributed by atoms with Crippen LogP contribution in [0.4, 0.5) is 0 Å². The molecule has 0 aliphatic heterocycles. The Hall–Kier alpha value is -1.58. The Labute approximate surface area is 63.8 Å². The topological polar surface area (TPSA) is 117 Å². The van der Waals surface area contributed by atoms with E-state index in [0.29, 0.717) is 0 Å². The SMILES string of the molecule is C/C(NN)=C(\C#N)C(=O)NN. The van der Waals surface area contributed by atoms with Crippen LogP contribution < -0.4 is 22.5 Å². The maximum absolute atomic E-state index is 10.7. The van der Waals surface area contributed by atoms with Gasteiger partial charge in [-0.05, 0) is 6.92 Å². The van der Waals surface area contributed by atoms with E-state index in [2.05, 4.69) is 5.43 Å². The predicted molar refractivity (Wildman–Crippen MR) is 38.0 cm³/mol. The third-order valence-electron chi connectivity index (χ3n) is 1.06. The molecule has 0 fully saturated rings. The molecule has 60 valence electrons. The van der Waals surface area contributed by atoms with Gasteiger partial charge in [-0.2, -0.15) is 5.26 Å². The number of rotatable bonds is 2. The summed E-state index contributed by atoms with van der Waals surface area (Å²) in [6.45, 7) is 1.49. The van der Waals surface area contributed by atoms with E-state index >= 15 is 0 Å². The molecule has 1 amide bonds. The van der Waals surface area contributed by atoms with Crippen molar-refractivity contribution in [1.29, 1.82) is 5.26 Å². The summed E-state index contributed by atoms with van der Waals surface area (Å²) in [4.78, 5) is 10.7. The molecule has 0 atom stereocenters. The lowest BCUT2D eigenvalue weighted by Gasteiger charge is -2.01. The van der Waals surface area contributed by atoms with Crippen molar-refractivity contribution in [1.82, 2.24) is 10.9 Å².